The Morgan fingerprint density at radius 1 is 1.20 bits per heavy atom. The smallest absolute Gasteiger partial charge is 0.406 e. The fraction of sp³-hybridized carbons (Fsp3) is 0.375. The number of hydrogen-bond acceptors (Lipinski definition) is 6. The van der Waals surface area contributed by atoms with Gasteiger partial charge in [0.25, 0.3) is 0 Å². The summed E-state index contributed by atoms with van der Waals surface area (Å²) in [6, 6.07) is 7.29. The molecule has 0 spiro atoms. The van der Waals surface area contributed by atoms with Gasteiger partial charge in [-0.2, -0.15) is 4.98 Å². The minimum absolute atomic E-state index is 0.102. The molecular weight excluding hydrogens is 337 g/mol. The van der Waals surface area contributed by atoms with Crippen LogP contribution in [0.5, 0.6) is 5.75 Å². The molecule has 2 aromatic rings. The van der Waals surface area contributed by atoms with Gasteiger partial charge in [0, 0.05) is 24.2 Å². The molecule has 0 atom stereocenters. The van der Waals surface area contributed by atoms with Gasteiger partial charge in [-0.3, -0.25) is 0 Å². The first kappa shape index (κ1) is 18.8. The molecule has 0 unspecified atom stereocenters. The van der Waals surface area contributed by atoms with Crippen LogP contribution in [0.25, 0.3) is 11.3 Å². The fourth-order valence-corrected chi connectivity index (χ4v) is 2.06. The van der Waals surface area contributed by atoms with E-state index in [1.807, 2.05) is 13.8 Å². The molecule has 136 valence electrons. The summed E-state index contributed by atoms with van der Waals surface area (Å²) in [7, 11) is 0. The minimum Gasteiger partial charge on any atom is -0.406 e. The van der Waals surface area contributed by atoms with Crippen molar-refractivity contribution in [2.75, 3.05) is 23.8 Å². The number of halogens is 3. The predicted molar refractivity (Wildman–Crippen MR) is 88.5 cm³/mol. The van der Waals surface area contributed by atoms with Crippen LogP contribution in [0.1, 0.15) is 13.8 Å². The van der Waals surface area contributed by atoms with Gasteiger partial charge in [-0.05, 0) is 26.0 Å². The molecule has 1 heterocycles. The first-order chi connectivity index (χ1) is 11.8. The van der Waals surface area contributed by atoms with Crippen molar-refractivity contribution in [2.24, 2.45) is 0 Å². The molecule has 2 rings (SSSR count). The number of rotatable bonds is 7. The van der Waals surface area contributed by atoms with Crippen molar-refractivity contribution < 1.29 is 23.0 Å². The Labute approximate surface area is 143 Å². The molecule has 6 nitrogen and oxygen atoms in total. The Hall–Kier alpha value is -2.55. The molecule has 0 aliphatic rings. The second-order valence-electron chi connectivity index (χ2n) is 5.49. The number of aliphatic hydroxyl groups is 1. The van der Waals surface area contributed by atoms with Gasteiger partial charge < -0.3 is 20.5 Å². The predicted octanol–water partition coefficient (Wildman–Crippen LogP) is 3.27. The molecule has 0 saturated carbocycles. The van der Waals surface area contributed by atoms with E-state index in [-0.39, 0.29) is 30.9 Å². The second-order valence-corrected chi connectivity index (χ2v) is 5.49. The van der Waals surface area contributed by atoms with E-state index in [1.165, 1.54) is 18.2 Å². The van der Waals surface area contributed by atoms with Crippen LogP contribution in [0.4, 0.5) is 24.9 Å². The Kier molecular flexibility index (Phi) is 6.02. The highest BCUT2D eigenvalue weighted by Crippen LogP contribution is 2.28. The van der Waals surface area contributed by atoms with Crippen molar-refractivity contribution in [1.29, 1.82) is 0 Å². The number of nitrogens with one attached hydrogen (secondary N) is 2. The maximum atomic E-state index is 12.4. The molecule has 0 aliphatic heterocycles. The molecule has 0 fully saturated rings. The highest BCUT2D eigenvalue weighted by atomic mass is 19.4. The van der Waals surface area contributed by atoms with Gasteiger partial charge >= 0.3 is 6.36 Å². The quantitative estimate of drug-likeness (QED) is 0.707. The van der Waals surface area contributed by atoms with Crippen molar-refractivity contribution in [3.05, 3.63) is 30.3 Å². The third-order valence-corrected chi connectivity index (χ3v) is 2.92. The number of alkyl halides is 3. The maximum Gasteiger partial charge on any atom is 0.573 e. The van der Waals surface area contributed by atoms with Crippen LogP contribution >= 0.6 is 0 Å². The van der Waals surface area contributed by atoms with Gasteiger partial charge in [-0.25, -0.2) is 4.98 Å². The van der Waals surface area contributed by atoms with E-state index in [1.54, 1.807) is 12.1 Å². The van der Waals surface area contributed by atoms with E-state index in [9.17, 15) is 13.2 Å². The molecule has 3 N–H and O–H groups in total. The topological polar surface area (TPSA) is 79.3 Å². The molecule has 0 aliphatic carbocycles. The summed E-state index contributed by atoms with van der Waals surface area (Å²) in [6.45, 7) is 4.01. The van der Waals surface area contributed by atoms with Gasteiger partial charge in [0.2, 0.25) is 5.95 Å². The molecule has 25 heavy (non-hydrogen) atoms. The second kappa shape index (κ2) is 8.02. The fourth-order valence-electron chi connectivity index (χ4n) is 2.06. The molecular formula is C16H19F3N4O2. The van der Waals surface area contributed by atoms with Crippen LogP contribution in [0.2, 0.25) is 0 Å². The SMILES string of the molecule is CC(C)Nc1cc(-c2cccc(OC(F)(F)F)c2)nc(NCCO)n1. The molecule has 1 aromatic heterocycles. The third-order valence-electron chi connectivity index (χ3n) is 2.92. The van der Waals surface area contributed by atoms with Crippen molar-refractivity contribution in [3.8, 4) is 17.0 Å². The summed E-state index contributed by atoms with van der Waals surface area (Å²) in [5.41, 5.74) is 0.870. The Morgan fingerprint density at radius 2 is 1.96 bits per heavy atom. The molecule has 0 bridgehead atoms. The summed E-state index contributed by atoms with van der Waals surface area (Å²) in [4.78, 5) is 8.54. The van der Waals surface area contributed by atoms with Crippen LogP contribution in [-0.4, -0.2) is 40.6 Å². The van der Waals surface area contributed by atoms with E-state index in [0.717, 1.165) is 0 Å². The zero-order chi connectivity index (χ0) is 18.4. The molecule has 9 heteroatoms. The molecule has 1 aromatic carbocycles. The highest BCUT2D eigenvalue weighted by molar-refractivity contribution is 5.66. The maximum absolute atomic E-state index is 12.4. The molecule has 0 saturated heterocycles. The van der Waals surface area contributed by atoms with Crippen molar-refractivity contribution in [1.82, 2.24) is 9.97 Å². The Morgan fingerprint density at radius 3 is 2.60 bits per heavy atom. The van der Waals surface area contributed by atoms with E-state index >= 15 is 0 Å². The summed E-state index contributed by atoms with van der Waals surface area (Å²) < 4.78 is 41.1. The molecule has 0 amide bonds. The van der Waals surface area contributed by atoms with Crippen molar-refractivity contribution in [3.63, 3.8) is 0 Å². The number of anilines is 2. The van der Waals surface area contributed by atoms with Gasteiger partial charge in [-0.15, -0.1) is 13.2 Å². The first-order valence-electron chi connectivity index (χ1n) is 7.63. The minimum atomic E-state index is -4.76. The number of ether oxygens (including phenoxy) is 1. The van der Waals surface area contributed by atoms with E-state index in [2.05, 4.69) is 25.3 Å². The zero-order valence-corrected chi connectivity index (χ0v) is 13.8. The third kappa shape index (κ3) is 6.11. The summed E-state index contributed by atoms with van der Waals surface area (Å²) >= 11 is 0. The van der Waals surface area contributed by atoms with Gasteiger partial charge in [0.1, 0.15) is 11.6 Å². The summed E-state index contributed by atoms with van der Waals surface area (Å²) in [5, 5.41) is 14.9. The van der Waals surface area contributed by atoms with Crippen LogP contribution in [-0.2, 0) is 0 Å². The van der Waals surface area contributed by atoms with E-state index in [4.69, 9.17) is 5.11 Å². The summed E-state index contributed by atoms with van der Waals surface area (Å²) in [5.74, 6) is 0.450. The number of aromatic nitrogens is 2. The molecule has 0 radical (unpaired) electrons. The largest absolute Gasteiger partial charge is 0.573 e. The first-order valence-corrected chi connectivity index (χ1v) is 7.63. The van der Waals surface area contributed by atoms with Crippen LogP contribution in [0.3, 0.4) is 0 Å². The van der Waals surface area contributed by atoms with Gasteiger partial charge in [0.15, 0.2) is 0 Å². The van der Waals surface area contributed by atoms with Gasteiger partial charge in [-0.1, -0.05) is 12.1 Å². The van der Waals surface area contributed by atoms with Gasteiger partial charge in [0.05, 0.1) is 12.3 Å². The normalized spacial score (nSPS) is 11.5. The van der Waals surface area contributed by atoms with Crippen molar-refractivity contribution in [2.45, 2.75) is 26.3 Å². The lowest BCUT2D eigenvalue weighted by atomic mass is 10.1. The van der Waals surface area contributed by atoms with Crippen molar-refractivity contribution >= 4 is 11.8 Å². The Bertz CT molecular complexity index is 708. The zero-order valence-electron chi connectivity index (χ0n) is 13.8. The lowest BCUT2D eigenvalue weighted by molar-refractivity contribution is -0.274. The monoisotopic (exact) mass is 356 g/mol. The van der Waals surface area contributed by atoms with E-state index < -0.39 is 6.36 Å². The average molecular weight is 356 g/mol. The van der Waals surface area contributed by atoms with Crippen LogP contribution < -0.4 is 15.4 Å². The Balaban J connectivity index is 2.37. The number of aliphatic hydroxyl groups excluding tert-OH is 1. The van der Waals surface area contributed by atoms with Crippen LogP contribution in [0, 0.1) is 0 Å². The average Bonchev–Trinajstić information content (AvgIpc) is 2.50. The number of hydrogen-bond donors (Lipinski definition) is 3. The highest BCUT2D eigenvalue weighted by Gasteiger charge is 2.31. The van der Waals surface area contributed by atoms with Crippen LogP contribution in [0.15, 0.2) is 30.3 Å². The number of nitrogens with zero attached hydrogens (tertiary/aromatic N) is 2. The standard InChI is InChI=1S/C16H19F3N4O2/c1-10(2)21-14-9-13(22-15(23-14)20-6-7-24)11-4-3-5-12(8-11)25-16(17,18)19/h3-5,8-10,24H,6-7H2,1-2H3,(H2,20,21,22,23). The summed E-state index contributed by atoms with van der Waals surface area (Å²) in [6.07, 6.45) is -4.76. The lowest BCUT2D eigenvalue weighted by Crippen LogP contribution is -2.17. The number of benzene rings is 1. The van der Waals surface area contributed by atoms with E-state index in [0.29, 0.717) is 17.1 Å². The lowest BCUT2D eigenvalue weighted by Gasteiger charge is -2.14.